The van der Waals surface area contributed by atoms with Crippen molar-refractivity contribution in [2.24, 2.45) is 11.1 Å². The fourth-order valence-electron chi connectivity index (χ4n) is 3.41. The lowest BCUT2D eigenvalue weighted by molar-refractivity contribution is -0.120. The average Bonchev–Trinajstić information content (AvgIpc) is 3.29. The number of primary sulfonamides is 1. The van der Waals surface area contributed by atoms with Gasteiger partial charge in [0.15, 0.2) is 5.82 Å². The Labute approximate surface area is 173 Å². The van der Waals surface area contributed by atoms with Gasteiger partial charge >= 0.3 is 0 Å². The van der Waals surface area contributed by atoms with Crippen molar-refractivity contribution in [3.05, 3.63) is 55.1 Å². The van der Waals surface area contributed by atoms with Crippen molar-refractivity contribution < 1.29 is 13.2 Å². The zero-order valence-electron chi connectivity index (χ0n) is 16.0. The molecule has 3 heterocycles. The van der Waals surface area contributed by atoms with Crippen LogP contribution in [0.4, 0.5) is 11.5 Å². The maximum atomic E-state index is 12.8. The summed E-state index contributed by atoms with van der Waals surface area (Å²) in [5, 5.41) is 12.1. The second kappa shape index (κ2) is 8.20. The third-order valence-electron chi connectivity index (χ3n) is 4.94. The molecule has 1 fully saturated rings. The van der Waals surface area contributed by atoms with Crippen LogP contribution in [0.25, 0.3) is 5.82 Å². The minimum absolute atomic E-state index is 0.00101. The third-order valence-corrected chi connectivity index (χ3v) is 5.87. The van der Waals surface area contributed by atoms with Crippen LogP contribution in [0.2, 0.25) is 0 Å². The number of nitrogens with two attached hydrogens (primary N) is 1. The van der Waals surface area contributed by atoms with E-state index in [0.29, 0.717) is 18.1 Å². The summed E-state index contributed by atoms with van der Waals surface area (Å²) in [5.74, 6) is 1.06. The molecular weight excluding hydrogens is 406 g/mol. The number of amides is 1. The summed E-state index contributed by atoms with van der Waals surface area (Å²) in [4.78, 5) is 23.4. The molecule has 0 aliphatic carbocycles. The van der Waals surface area contributed by atoms with Gasteiger partial charge in [0.05, 0.1) is 10.8 Å². The molecule has 1 aliphatic heterocycles. The predicted octanol–water partition coefficient (Wildman–Crippen LogP) is 1.16. The summed E-state index contributed by atoms with van der Waals surface area (Å²) in [6, 6.07) is 9.46. The first-order valence-corrected chi connectivity index (χ1v) is 11.0. The highest BCUT2D eigenvalue weighted by atomic mass is 32.2. The summed E-state index contributed by atoms with van der Waals surface area (Å²) in [5.41, 5.74) is 0.521. The van der Waals surface area contributed by atoms with Crippen molar-refractivity contribution in [3.63, 3.8) is 0 Å². The quantitative estimate of drug-likeness (QED) is 0.623. The van der Waals surface area contributed by atoms with Gasteiger partial charge in [-0.3, -0.25) is 4.79 Å². The van der Waals surface area contributed by atoms with E-state index in [9.17, 15) is 13.2 Å². The summed E-state index contributed by atoms with van der Waals surface area (Å²) in [6.45, 7) is 1.32. The number of anilines is 2. The standard InChI is InChI=1S/C19H21N7O3S/c20-30(28,29)16-6-4-15(5-7-16)24-19(27)14-3-1-9-25(12-14)17-11-18(22-13-21-17)26-10-2-8-23-26/h2,4-8,10-11,13-14H,1,3,9,12H2,(H,24,27)(H2,20,28,29)/t14-/m0/s1. The first kappa shape index (κ1) is 20.0. The van der Waals surface area contributed by atoms with E-state index in [4.69, 9.17) is 5.14 Å². The molecule has 156 valence electrons. The number of piperidine rings is 1. The number of sulfonamides is 1. The first-order chi connectivity index (χ1) is 14.4. The number of nitrogens with zero attached hydrogens (tertiary/aromatic N) is 5. The molecule has 3 N–H and O–H groups in total. The van der Waals surface area contributed by atoms with E-state index in [2.05, 4.69) is 25.3 Å². The van der Waals surface area contributed by atoms with Gasteiger partial charge in [0.25, 0.3) is 0 Å². The van der Waals surface area contributed by atoms with Gasteiger partial charge in [-0.15, -0.1) is 0 Å². The lowest BCUT2D eigenvalue weighted by atomic mass is 9.97. The summed E-state index contributed by atoms with van der Waals surface area (Å²) >= 11 is 0. The first-order valence-electron chi connectivity index (χ1n) is 9.41. The minimum atomic E-state index is -3.76. The van der Waals surface area contributed by atoms with Gasteiger partial charge in [0, 0.05) is 37.2 Å². The smallest absolute Gasteiger partial charge is 0.238 e. The van der Waals surface area contributed by atoms with Crippen molar-refractivity contribution in [3.8, 4) is 5.82 Å². The van der Waals surface area contributed by atoms with Crippen molar-refractivity contribution >= 4 is 27.4 Å². The topological polar surface area (TPSA) is 136 Å². The Bertz CT molecular complexity index is 1130. The zero-order valence-corrected chi connectivity index (χ0v) is 16.9. The number of hydrogen-bond acceptors (Lipinski definition) is 7. The van der Waals surface area contributed by atoms with E-state index in [1.807, 2.05) is 12.1 Å². The lowest BCUT2D eigenvalue weighted by Gasteiger charge is -2.32. The molecule has 0 bridgehead atoms. The van der Waals surface area contributed by atoms with Crippen LogP contribution in [0.5, 0.6) is 0 Å². The van der Waals surface area contributed by atoms with Crippen LogP contribution < -0.4 is 15.4 Å². The highest BCUT2D eigenvalue weighted by molar-refractivity contribution is 7.89. The molecule has 1 atom stereocenters. The Morgan fingerprint density at radius 3 is 2.63 bits per heavy atom. The van der Waals surface area contributed by atoms with Gasteiger partial charge in [-0.2, -0.15) is 5.10 Å². The summed E-state index contributed by atoms with van der Waals surface area (Å²) in [7, 11) is -3.76. The fourth-order valence-corrected chi connectivity index (χ4v) is 3.93. The minimum Gasteiger partial charge on any atom is -0.356 e. The van der Waals surface area contributed by atoms with Crippen LogP contribution in [0, 0.1) is 5.92 Å². The SMILES string of the molecule is NS(=O)(=O)c1ccc(NC(=O)[C@H]2CCCN(c3cc(-n4cccn4)ncn3)C2)cc1. The van der Waals surface area contributed by atoms with E-state index in [0.717, 1.165) is 25.2 Å². The second-order valence-corrected chi connectivity index (χ2v) is 8.59. The maximum absolute atomic E-state index is 12.8. The van der Waals surface area contributed by atoms with Crippen LogP contribution in [-0.2, 0) is 14.8 Å². The van der Waals surface area contributed by atoms with Crippen molar-refractivity contribution in [1.29, 1.82) is 0 Å². The van der Waals surface area contributed by atoms with Crippen LogP contribution in [0.1, 0.15) is 12.8 Å². The molecule has 0 spiro atoms. The Morgan fingerprint density at radius 2 is 1.93 bits per heavy atom. The van der Waals surface area contributed by atoms with E-state index < -0.39 is 10.0 Å². The molecule has 1 amide bonds. The van der Waals surface area contributed by atoms with Gasteiger partial charge in [-0.1, -0.05) is 0 Å². The predicted molar refractivity (Wildman–Crippen MR) is 111 cm³/mol. The van der Waals surface area contributed by atoms with Gasteiger partial charge in [0.1, 0.15) is 12.1 Å². The highest BCUT2D eigenvalue weighted by Crippen LogP contribution is 2.24. The van der Waals surface area contributed by atoms with Crippen molar-refractivity contribution in [1.82, 2.24) is 19.7 Å². The van der Waals surface area contributed by atoms with Crippen LogP contribution in [0.3, 0.4) is 0 Å². The van der Waals surface area contributed by atoms with Gasteiger partial charge in [-0.05, 0) is 43.2 Å². The number of carbonyl (C=O) groups excluding carboxylic acids is 1. The molecule has 1 aliphatic rings. The normalized spacial score (nSPS) is 17.0. The summed E-state index contributed by atoms with van der Waals surface area (Å²) in [6.07, 6.45) is 6.58. The van der Waals surface area contributed by atoms with E-state index in [1.165, 1.54) is 30.6 Å². The molecule has 30 heavy (non-hydrogen) atoms. The average molecular weight is 427 g/mol. The van der Waals surface area contributed by atoms with Crippen molar-refractivity contribution in [2.75, 3.05) is 23.3 Å². The lowest BCUT2D eigenvalue weighted by Crippen LogP contribution is -2.41. The number of benzene rings is 1. The molecule has 2 aromatic heterocycles. The van der Waals surface area contributed by atoms with Gasteiger partial charge < -0.3 is 10.2 Å². The van der Waals surface area contributed by atoms with Crippen molar-refractivity contribution in [2.45, 2.75) is 17.7 Å². The molecule has 1 aromatic carbocycles. The number of nitrogens with one attached hydrogen (secondary N) is 1. The molecule has 0 radical (unpaired) electrons. The number of hydrogen-bond donors (Lipinski definition) is 2. The Morgan fingerprint density at radius 1 is 1.17 bits per heavy atom. The van der Waals surface area contributed by atoms with E-state index >= 15 is 0 Å². The largest absolute Gasteiger partial charge is 0.356 e. The molecule has 4 rings (SSSR count). The molecule has 1 saturated heterocycles. The highest BCUT2D eigenvalue weighted by Gasteiger charge is 2.27. The van der Waals surface area contributed by atoms with E-state index in [1.54, 1.807) is 17.1 Å². The molecule has 0 unspecified atom stereocenters. The van der Waals surface area contributed by atoms with Crippen LogP contribution in [0.15, 0.2) is 60.0 Å². The number of carbonyl (C=O) groups is 1. The third kappa shape index (κ3) is 4.47. The Balaban J connectivity index is 1.44. The monoisotopic (exact) mass is 427 g/mol. The number of rotatable bonds is 5. The number of aromatic nitrogens is 4. The maximum Gasteiger partial charge on any atom is 0.238 e. The Kier molecular flexibility index (Phi) is 5.46. The Hall–Kier alpha value is -3.31. The van der Waals surface area contributed by atoms with E-state index in [-0.39, 0.29) is 16.7 Å². The molecule has 11 heteroatoms. The fraction of sp³-hybridized carbons (Fsp3) is 0.263. The van der Waals surface area contributed by atoms with Crippen LogP contribution in [-0.4, -0.2) is 47.2 Å². The molecule has 0 saturated carbocycles. The van der Waals surface area contributed by atoms with Crippen LogP contribution >= 0.6 is 0 Å². The van der Waals surface area contributed by atoms with Gasteiger partial charge in [-0.25, -0.2) is 28.2 Å². The summed E-state index contributed by atoms with van der Waals surface area (Å²) < 4.78 is 24.4. The molecule has 3 aromatic rings. The molecule has 10 nitrogen and oxygen atoms in total. The molecular formula is C19H21N7O3S. The van der Waals surface area contributed by atoms with Gasteiger partial charge in [0.2, 0.25) is 15.9 Å². The second-order valence-electron chi connectivity index (χ2n) is 7.03. The zero-order chi connectivity index (χ0) is 21.1.